The molecule has 2 amide bonds. The molecule has 0 heterocycles. The summed E-state index contributed by atoms with van der Waals surface area (Å²) in [7, 11) is 1.66. The SMILES string of the molecule is Cc1cc(C)cc(C(=O)NCC(=O)N(C)CCC(C)O)c1. The van der Waals surface area contributed by atoms with Crippen molar-refractivity contribution in [1.29, 1.82) is 0 Å². The first-order chi connectivity index (χ1) is 9.79. The highest BCUT2D eigenvalue weighted by Crippen LogP contribution is 2.08. The lowest BCUT2D eigenvalue weighted by molar-refractivity contribution is -0.129. The monoisotopic (exact) mass is 292 g/mol. The van der Waals surface area contributed by atoms with E-state index >= 15 is 0 Å². The Balaban J connectivity index is 2.50. The topological polar surface area (TPSA) is 69.6 Å². The molecule has 1 unspecified atom stereocenters. The molecule has 0 aliphatic rings. The molecule has 1 atom stereocenters. The molecule has 1 aromatic rings. The minimum Gasteiger partial charge on any atom is -0.393 e. The molecule has 116 valence electrons. The van der Waals surface area contributed by atoms with Gasteiger partial charge < -0.3 is 15.3 Å². The van der Waals surface area contributed by atoms with E-state index in [2.05, 4.69) is 5.32 Å². The zero-order valence-electron chi connectivity index (χ0n) is 13.1. The zero-order chi connectivity index (χ0) is 16.0. The molecule has 5 nitrogen and oxygen atoms in total. The smallest absolute Gasteiger partial charge is 0.251 e. The Labute approximate surface area is 126 Å². The van der Waals surface area contributed by atoms with E-state index in [1.807, 2.05) is 19.9 Å². The number of aliphatic hydroxyl groups excluding tert-OH is 1. The molecular formula is C16H24N2O3. The fourth-order valence-electron chi connectivity index (χ4n) is 2.00. The van der Waals surface area contributed by atoms with Gasteiger partial charge in [0.25, 0.3) is 5.91 Å². The second-order valence-corrected chi connectivity index (χ2v) is 5.51. The predicted octanol–water partition coefficient (Wildman–Crippen LogP) is 1.26. The minimum absolute atomic E-state index is 0.0396. The summed E-state index contributed by atoms with van der Waals surface area (Å²) < 4.78 is 0. The maximum atomic E-state index is 12.0. The standard InChI is InChI=1S/C16H24N2O3/c1-11-7-12(2)9-14(8-11)16(21)17-10-15(20)18(4)6-5-13(3)19/h7-9,13,19H,5-6,10H2,1-4H3,(H,17,21). The van der Waals surface area contributed by atoms with E-state index in [1.54, 1.807) is 26.1 Å². The molecule has 0 aliphatic heterocycles. The largest absolute Gasteiger partial charge is 0.393 e. The minimum atomic E-state index is -0.440. The van der Waals surface area contributed by atoms with Crippen molar-refractivity contribution in [3.05, 3.63) is 34.9 Å². The van der Waals surface area contributed by atoms with Crippen molar-refractivity contribution in [3.8, 4) is 0 Å². The summed E-state index contributed by atoms with van der Waals surface area (Å²) in [6.45, 7) is 5.97. The second kappa shape index (κ2) is 7.78. The molecule has 0 aliphatic carbocycles. The molecule has 0 saturated heterocycles. The van der Waals surface area contributed by atoms with Crippen molar-refractivity contribution in [3.63, 3.8) is 0 Å². The van der Waals surface area contributed by atoms with Gasteiger partial charge in [-0.3, -0.25) is 9.59 Å². The Bertz CT molecular complexity index is 492. The van der Waals surface area contributed by atoms with Crippen molar-refractivity contribution in [2.24, 2.45) is 0 Å². The first kappa shape index (κ1) is 17.2. The van der Waals surface area contributed by atoms with Crippen molar-refractivity contribution in [2.45, 2.75) is 33.3 Å². The molecule has 0 saturated carbocycles. The number of likely N-dealkylation sites (N-methyl/N-ethyl adjacent to an activating group) is 1. The van der Waals surface area contributed by atoms with E-state index in [-0.39, 0.29) is 18.4 Å². The van der Waals surface area contributed by atoms with E-state index < -0.39 is 6.10 Å². The van der Waals surface area contributed by atoms with Crippen molar-refractivity contribution in [1.82, 2.24) is 10.2 Å². The fourth-order valence-corrected chi connectivity index (χ4v) is 2.00. The third kappa shape index (κ3) is 5.95. The molecule has 1 rings (SSSR count). The van der Waals surface area contributed by atoms with Gasteiger partial charge in [0.15, 0.2) is 0 Å². The summed E-state index contributed by atoms with van der Waals surface area (Å²) in [6, 6.07) is 5.58. The van der Waals surface area contributed by atoms with Gasteiger partial charge in [-0.1, -0.05) is 17.2 Å². The normalized spacial score (nSPS) is 11.9. The molecule has 0 bridgehead atoms. The number of nitrogens with zero attached hydrogens (tertiary/aromatic N) is 1. The summed E-state index contributed by atoms with van der Waals surface area (Å²) in [4.78, 5) is 25.4. The zero-order valence-corrected chi connectivity index (χ0v) is 13.1. The molecule has 0 fully saturated rings. The van der Waals surface area contributed by atoms with Crippen LogP contribution in [0.25, 0.3) is 0 Å². The Hall–Kier alpha value is -1.88. The number of aliphatic hydroxyl groups is 1. The number of aryl methyl sites for hydroxylation is 2. The van der Waals surface area contributed by atoms with Crippen LogP contribution >= 0.6 is 0 Å². The molecular weight excluding hydrogens is 268 g/mol. The fraction of sp³-hybridized carbons (Fsp3) is 0.500. The van der Waals surface area contributed by atoms with E-state index in [0.717, 1.165) is 11.1 Å². The van der Waals surface area contributed by atoms with Crippen molar-refractivity contribution >= 4 is 11.8 Å². The van der Waals surface area contributed by atoms with Gasteiger partial charge in [-0.15, -0.1) is 0 Å². The third-order valence-electron chi connectivity index (χ3n) is 3.19. The highest BCUT2D eigenvalue weighted by atomic mass is 16.3. The highest BCUT2D eigenvalue weighted by molar-refractivity contribution is 5.96. The lowest BCUT2D eigenvalue weighted by Crippen LogP contribution is -2.39. The summed E-state index contributed by atoms with van der Waals surface area (Å²) in [5.41, 5.74) is 2.59. The molecule has 0 radical (unpaired) electrons. The van der Waals surface area contributed by atoms with Gasteiger partial charge in [0.2, 0.25) is 5.91 Å². The Morgan fingerprint density at radius 2 is 1.81 bits per heavy atom. The third-order valence-corrected chi connectivity index (χ3v) is 3.19. The van der Waals surface area contributed by atoms with Crippen LogP contribution < -0.4 is 5.32 Å². The van der Waals surface area contributed by atoms with Crippen molar-refractivity contribution in [2.75, 3.05) is 20.1 Å². The van der Waals surface area contributed by atoms with Crippen LogP contribution in [0, 0.1) is 13.8 Å². The van der Waals surface area contributed by atoms with Crippen LogP contribution in [0.3, 0.4) is 0 Å². The number of carbonyl (C=O) groups excluding carboxylic acids is 2. The number of hydrogen-bond acceptors (Lipinski definition) is 3. The first-order valence-electron chi connectivity index (χ1n) is 7.08. The number of nitrogens with one attached hydrogen (secondary N) is 1. The first-order valence-corrected chi connectivity index (χ1v) is 7.08. The lowest BCUT2D eigenvalue weighted by Gasteiger charge is -2.18. The maximum Gasteiger partial charge on any atom is 0.251 e. The lowest BCUT2D eigenvalue weighted by atomic mass is 10.1. The van der Waals surface area contributed by atoms with Crippen LogP contribution in [-0.4, -0.2) is 48.1 Å². The van der Waals surface area contributed by atoms with Gasteiger partial charge in [-0.05, 0) is 39.3 Å². The van der Waals surface area contributed by atoms with Crippen LogP contribution in [-0.2, 0) is 4.79 Å². The Kier molecular flexibility index (Phi) is 6.37. The van der Waals surface area contributed by atoms with Gasteiger partial charge in [0, 0.05) is 19.2 Å². The Morgan fingerprint density at radius 1 is 1.24 bits per heavy atom. The molecule has 5 heteroatoms. The van der Waals surface area contributed by atoms with E-state index in [9.17, 15) is 14.7 Å². The highest BCUT2D eigenvalue weighted by Gasteiger charge is 2.12. The summed E-state index contributed by atoms with van der Waals surface area (Å²) in [5.74, 6) is -0.424. The van der Waals surface area contributed by atoms with E-state index in [0.29, 0.717) is 18.5 Å². The Morgan fingerprint density at radius 3 is 2.33 bits per heavy atom. The molecule has 1 aromatic carbocycles. The number of carbonyl (C=O) groups is 2. The quantitative estimate of drug-likeness (QED) is 0.829. The summed E-state index contributed by atoms with van der Waals surface area (Å²) >= 11 is 0. The number of benzene rings is 1. The van der Waals surface area contributed by atoms with Crippen LogP contribution in [0.4, 0.5) is 0 Å². The average Bonchev–Trinajstić information content (AvgIpc) is 2.40. The van der Waals surface area contributed by atoms with Crippen LogP contribution in [0.5, 0.6) is 0 Å². The predicted molar refractivity (Wildman–Crippen MR) is 82.2 cm³/mol. The van der Waals surface area contributed by atoms with Crippen LogP contribution in [0.15, 0.2) is 18.2 Å². The number of amides is 2. The summed E-state index contributed by atoms with van der Waals surface area (Å²) in [5, 5.41) is 11.8. The van der Waals surface area contributed by atoms with E-state index in [4.69, 9.17) is 0 Å². The van der Waals surface area contributed by atoms with Gasteiger partial charge in [-0.2, -0.15) is 0 Å². The maximum absolute atomic E-state index is 12.0. The van der Waals surface area contributed by atoms with Crippen molar-refractivity contribution < 1.29 is 14.7 Å². The van der Waals surface area contributed by atoms with Crippen LogP contribution in [0.1, 0.15) is 34.8 Å². The average molecular weight is 292 g/mol. The van der Waals surface area contributed by atoms with Gasteiger partial charge in [0.1, 0.15) is 0 Å². The number of hydrogen-bond donors (Lipinski definition) is 2. The van der Waals surface area contributed by atoms with Gasteiger partial charge in [-0.25, -0.2) is 0 Å². The summed E-state index contributed by atoms with van der Waals surface area (Å²) in [6.07, 6.45) is 0.0814. The second-order valence-electron chi connectivity index (χ2n) is 5.51. The molecule has 0 aromatic heterocycles. The van der Waals surface area contributed by atoms with Crippen LogP contribution in [0.2, 0.25) is 0 Å². The molecule has 2 N–H and O–H groups in total. The molecule has 0 spiro atoms. The van der Waals surface area contributed by atoms with Gasteiger partial charge >= 0.3 is 0 Å². The number of rotatable bonds is 6. The van der Waals surface area contributed by atoms with Gasteiger partial charge in [0.05, 0.1) is 12.6 Å². The van der Waals surface area contributed by atoms with E-state index in [1.165, 1.54) is 4.90 Å². The molecule has 21 heavy (non-hydrogen) atoms.